The molecule has 0 radical (unpaired) electrons. The van der Waals surface area contributed by atoms with Gasteiger partial charge in [0.2, 0.25) is 0 Å². The van der Waals surface area contributed by atoms with Crippen LogP contribution >= 0.6 is 0 Å². The molecule has 0 aromatic rings. The van der Waals surface area contributed by atoms with Crippen molar-refractivity contribution in [3.05, 3.63) is 0 Å². The Balaban J connectivity index is 2.43. The lowest BCUT2D eigenvalue weighted by Gasteiger charge is -2.13. The van der Waals surface area contributed by atoms with Crippen molar-refractivity contribution in [3.8, 4) is 0 Å². The average Bonchev–Trinajstić information content (AvgIpc) is 2.08. The summed E-state index contributed by atoms with van der Waals surface area (Å²) in [4.78, 5) is 0. The van der Waals surface area contributed by atoms with E-state index in [2.05, 4.69) is 5.87 Å². The molecule has 66 valence electrons. The molecule has 1 heterocycles. The lowest BCUT2D eigenvalue weighted by atomic mass is 10.3. The van der Waals surface area contributed by atoms with E-state index in [1.165, 1.54) is 0 Å². The number of hydrogen-bond acceptors (Lipinski definition) is 2. The van der Waals surface area contributed by atoms with E-state index < -0.39 is 9.52 Å². The minimum Gasteiger partial charge on any atom is -0.375 e. The van der Waals surface area contributed by atoms with Gasteiger partial charge in [0.25, 0.3) is 0 Å². The van der Waals surface area contributed by atoms with Gasteiger partial charge in [-0.05, 0) is 35.7 Å². The highest BCUT2D eigenvalue weighted by molar-refractivity contribution is 8.00. The van der Waals surface area contributed by atoms with Crippen molar-refractivity contribution in [1.82, 2.24) is 0 Å². The molecule has 0 amide bonds. The van der Waals surface area contributed by atoms with Crippen LogP contribution in [0.2, 0.25) is 0 Å². The SMILES string of the molecule is C=S1(=O)CCC(OC(C)C)C1. The molecule has 0 aliphatic carbocycles. The van der Waals surface area contributed by atoms with E-state index in [1.807, 2.05) is 13.8 Å². The van der Waals surface area contributed by atoms with Gasteiger partial charge in [0.05, 0.1) is 12.2 Å². The zero-order valence-electron chi connectivity index (χ0n) is 7.21. The van der Waals surface area contributed by atoms with E-state index in [0.29, 0.717) is 5.75 Å². The van der Waals surface area contributed by atoms with Crippen molar-refractivity contribution < 1.29 is 8.95 Å². The highest BCUT2D eigenvalue weighted by Gasteiger charge is 2.24. The number of ether oxygens (including phenoxy) is 1. The molecule has 3 heteroatoms. The summed E-state index contributed by atoms with van der Waals surface area (Å²) >= 11 is 0. The van der Waals surface area contributed by atoms with Crippen LogP contribution < -0.4 is 0 Å². The number of rotatable bonds is 2. The first-order valence-electron chi connectivity index (χ1n) is 3.98. The average molecular weight is 176 g/mol. The van der Waals surface area contributed by atoms with Crippen LogP contribution in [0.3, 0.4) is 0 Å². The fourth-order valence-electron chi connectivity index (χ4n) is 1.34. The summed E-state index contributed by atoms with van der Waals surface area (Å²) in [6, 6.07) is 0. The first kappa shape index (κ1) is 9.07. The Morgan fingerprint density at radius 2 is 2.27 bits per heavy atom. The Kier molecular flexibility index (Phi) is 2.60. The van der Waals surface area contributed by atoms with Crippen molar-refractivity contribution in [3.63, 3.8) is 0 Å². The van der Waals surface area contributed by atoms with Crippen LogP contribution in [0.4, 0.5) is 0 Å². The molecule has 1 rings (SSSR count). The summed E-state index contributed by atoms with van der Waals surface area (Å²) in [6.07, 6.45) is 1.36. The van der Waals surface area contributed by atoms with Gasteiger partial charge in [0, 0.05) is 11.5 Å². The van der Waals surface area contributed by atoms with Gasteiger partial charge in [-0.25, -0.2) is 0 Å². The van der Waals surface area contributed by atoms with Crippen LogP contribution in [0.15, 0.2) is 0 Å². The van der Waals surface area contributed by atoms with Crippen LogP contribution in [-0.4, -0.2) is 33.8 Å². The molecule has 0 aromatic heterocycles. The third kappa shape index (κ3) is 2.83. The Hall–Kier alpha value is -0.0200. The zero-order valence-corrected chi connectivity index (χ0v) is 8.02. The van der Waals surface area contributed by atoms with Crippen molar-refractivity contribution >= 4 is 15.4 Å². The minimum absolute atomic E-state index is 0.194. The fourth-order valence-corrected chi connectivity index (χ4v) is 3.13. The van der Waals surface area contributed by atoms with E-state index in [4.69, 9.17) is 4.74 Å². The molecule has 0 N–H and O–H groups in total. The smallest absolute Gasteiger partial charge is 0.0696 e. The summed E-state index contributed by atoms with van der Waals surface area (Å²) in [6.45, 7) is 4.01. The topological polar surface area (TPSA) is 26.3 Å². The quantitative estimate of drug-likeness (QED) is 0.584. The second kappa shape index (κ2) is 3.15. The lowest BCUT2D eigenvalue weighted by Crippen LogP contribution is -2.18. The Morgan fingerprint density at radius 3 is 2.64 bits per heavy atom. The summed E-state index contributed by atoms with van der Waals surface area (Å²) in [5, 5.41) is 0. The van der Waals surface area contributed by atoms with E-state index in [0.717, 1.165) is 12.2 Å². The van der Waals surface area contributed by atoms with Gasteiger partial charge in [-0.3, -0.25) is 4.21 Å². The molecule has 2 atom stereocenters. The lowest BCUT2D eigenvalue weighted by molar-refractivity contribution is 0.0236. The largest absolute Gasteiger partial charge is 0.375 e. The summed E-state index contributed by atoms with van der Waals surface area (Å²) < 4.78 is 16.9. The number of hydrogen-bond donors (Lipinski definition) is 0. The van der Waals surface area contributed by atoms with Crippen LogP contribution in [0.25, 0.3) is 0 Å². The fraction of sp³-hybridized carbons (Fsp3) is 0.875. The van der Waals surface area contributed by atoms with Gasteiger partial charge in [0.1, 0.15) is 0 Å². The highest BCUT2D eigenvalue weighted by Crippen LogP contribution is 2.15. The van der Waals surface area contributed by atoms with Crippen molar-refractivity contribution in [1.29, 1.82) is 0 Å². The van der Waals surface area contributed by atoms with Gasteiger partial charge in [0.15, 0.2) is 0 Å². The molecule has 1 saturated heterocycles. The summed E-state index contributed by atoms with van der Waals surface area (Å²) in [5.74, 6) is 5.07. The first-order chi connectivity index (χ1) is 4.99. The van der Waals surface area contributed by atoms with Gasteiger partial charge < -0.3 is 4.74 Å². The third-order valence-corrected chi connectivity index (χ3v) is 3.73. The molecule has 2 unspecified atom stereocenters. The van der Waals surface area contributed by atoms with E-state index in [-0.39, 0.29) is 12.2 Å². The predicted octanol–water partition coefficient (Wildman–Crippen LogP) is 0.900. The Morgan fingerprint density at radius 1 is 1.64 bits per heavy atom. The standard InChI is InChI=1S/C8H16O2S/c1-7(2)10-8-4-5-11(3,9)6-8/h7-8H,3-6H2,1-2H3. The molecule has 1 aliphatic rings. The van der Waals surface area contributed by atoms with Gasteiger partial charge in [-0.1, -0.05) is 0 Å². The predicted molar refractivity (Wildman–Crippen MR) is 49.6 cm³/mol. The minimum atomic E-state index is -1.77. The molecule has 1 aliphatic heterocycles. The Labute approximate surface area is 68.9 Å². The van der Waals surface area contributed by atoms with E-state index >= 15 is 0 Å². The van der Waals surface area contributed by atoms with Gasteiger partial charge >= 0.3 is 0 Å². The Bertz CT molecular complexity index is 216. The van der Waals surface area contributed by atoms with Crippen LogP contribution in [0, 0.1) is 0 Å². The monoisotopic (exact) mass is 176 g/mol. The molecule has 0 aromatic carbocycles. The van der Waals surface area contributed by atoms with Gasteiger partial charge in [-0.2, -0.15) is 0 Å². The van der Waals surface area contributed by atoms with E-state index in [1.54, 1.807) is 0 Å². The molecule has 0 saturated carbocycles. The highest BCUT2D eigenvalue weighted by atomic mass is 32.2. The van der Waals surface area contributed by atoms with Crippen molar-refractivity contribution in [2.45, 2.75) is 32.5 Å². The van der Waals surface area contributed by atoms with E-state index in [9.17, 15) is 4.21 Å². The summed E-state index contributed by atoms with van der Waals surface area (Å²) in [7, 11) is -1.77. The third-order valence-electron chi connectivity index (χ3n) is 1.77. The molecule has 2 nitrogen and oxygen atoms in total. The van der Waals surface area contributed by atoms with Gasteiger partial charge in [-0.15, -0.1) is 0 Å². The second-order valence-corrected chi connectivity index (χ2v) is 6.11. The maximum absolute atomic E-state index is 11.4. The summed E-state index contributed by atoms with van der Waals surface area (Å²) in [5.41, 5.74) is 0. The molecule has 0 spiro atoms. The normalized spacial score (nSPS) is 38.3. The molecule has 0 bridgehead atoms. The van der Waals surface area contributed by atoms with Crippen LogP contribution in [-0.2, 0) is 14.3 Å². The maximum Gasteiger partial charge on any atom is 0.0696 e. The molecular weight excluding hydrogens is 160 g/mol. The van der Waals surface area contributed by atoms with Crippen molar-refractivity contribution in [2.75, 3.05) is 11.5 Å². The first-order valence-corrected chi connectivity index (χ1v) is 6.04. The maximum atomic E-state index is 11.4. The van der Waals surface area contributed by atoms with Crippen LogP contribution in [0.5, 0.6) is 0 Å². The van der Waals surface area contributed by atoms with Crippen molar-refractivity contribution in [2.24, 2.45) is 0 Å². The molecular formula is C8H16O2S. The molecule has 1 fully saturated rings. The zero-order chi connectivity index (χ0) is 8.48. The van der Waals surface area contributed by atoms with Crippen LogP contribution in [0.1, 0.15) is 20.3 Å². The second-order valence-electron chi connectivity index (χ2n) is 3.43. The molecule has 11 heavy (non-hydrogen) atoms.